The predicted octanol–water partition coefficient (Wildman–Crippen LogP) is 1.72. The Labute approximate surface area is 149 Å². The van der Waals surface area contributed by atoms with Crippen LogP contribution in [0.3, 0.4) is 0 Å². The van der Waals surface area contributed by atoms with E-state index >= 15 is 0 Å². The van der Waals surface area contributed by atoms with E-state index in [2.05, 4.69) is 11.4 Å². The quantitative estimate of drug-likeness (QED) is 0.886. The van der Waals surface area contributed by atoms with Crippen LogP contribution in [0.25, 0.3) is 0 Å². The van der Waals surface area contributed by atoms with E-state index in [0.717, 1.165) is 50.8 Å². The van der Waals surface area contributed by atoms with Gasteiger partial charge in [0.1, 0.15) is 5.75 Å². The van der Waals surface area contributed by atoms with Crippen molar-refractivity contribution in [2.24, 2.45) is 0 Å². The third-order valence-electron chi connectivity index (χ3n) is 5.93. The lowest BCUT2D eigenvalue weighted by atomic mass is 9.98. The van der Waals surface area contributed by atoms with Crippen molar-refractivity contribution in [1.29, 1.82) is 0 Å². The predicted molar refractivity (Wildman–Crippen MR) is 98.8 cm³/mol. The first-order valence-corrected chi connectivity index (χ1v) is 11.0. The van der Waals surface area contributed by atoms with Crippen molar-refractivity contribution in [1.82, 2.24) is 4.90 Å². The first-order valence-electron chi connectivity index (χ1n) is 9.30. The van der Waals surface area contributed by atoms with Crippen molar-refractivity contribution in [3.05, 3.63) is 28.3 Å². The van der Waals surface area contributed by atoms with Gasteiger partial charge < -0.3 is 10.2 Å². The van der Waals surface area contributed by atoms with Gasteiger partial charge in [0.25, 0.3) is 0 Å². The summed E-state index contributed by atoms with van der Waals surface area (Å²) < 4.78 is 25.1. The van der Waals surface area contributed by atoms with Gasteiger partial charge in [-0.25, -0.2) is 8.42 Å². The normalized spacial score (nSPS) is 22.8. The van der Waals surface area contributed by atoms with Gasteiger partial charge in [-0.15, -0.1) is 0 Å². The third kappa shape index (κ3) is 3.22. The maximum atomic E-state index is 12.6. The maximum absolute atomic E-state index is 12.6. The van der Waals surface area contributed by atoms with Crippen molar-refractivity contribution in [3.8, 4) is 0 Å². The fraction of sp³-hybridized carbons (Fsp3) is 0.632. The zero-order valence-corrected chi connectivity index (χ0v) is 15.6. The van der Waals surface area contributed by atoms with Gasteiger partial charge in [-0.2, -0.15) is 0 Å². The number of amides is 1. The topological polar surface area (TPSA) is 66.5 Å². The monoisotopic (exact) mass is 362 g/mol. The summed E-state index contributed by atoms with van der Waals surface area (Å²) in [4.78, 5) is 14.6. The van der Waals surface area contributed by atoms with Crippen molar-refractivity contribution >= 4 is 21.4 Å². The first kappa shape index (κ1) is 17.0. The zero-order valence-electron chi connectivity index (χ0n) is 14.8. The number of nitrogens with one attached hydrogen (secondary N) is 1. The van der Waals surface area contributed by atoms with Crippen molar-refractivity contribution < 1.29 is 13.2 Å². The number of nitrogens with zero attached hydrogens (tertiary/aromatic N) is 1. The molecule has 1 N–H and O–H groups in total. The van der Waals surface area contributed by atoms with E-state index in [0.29, 0.717) is 13.0 Å². The molecule has 3 aliphatic rings. The van der Waals surface area contributed by atoms with Gasteiger partial charge >= 0.3 is 0 Å². The fourth-order valence-electron chi connectivity index (χ4n) is 4.63. The highest BCUT2D eigenvalue weighted by Crippen LogP contribution is 2.38. The Bertz CT molecular complexity index is 784. The van der Waals surface area contributed by atoms with Crippen LogP contribution in [0.2, 0.25) is 0 Å². The molecule has 1 saturated heterocycles. The number of hydrogen-bond donors (Lipinski definition) is 1. The van der Waals surface area contributed by atoms with Gasteiger partial charge in [-0.3, -0.25) is 4.79 Å². The number of fused-ring (bicyclic) bond motifs is 2. The highest BCUT2D eigenvalue weighted by molar-refractivity contribution is 7.92. The standard InChI is InChI=1S/C19H26N2O3S/c1-21-9-8-15(11-21)25(23,24)12-18(22)20-19-16-6-2-4-13(16)10-14-5-3-7-17(14)19/h10,15H,2-9,11-12H2,1H3,(H,20,22). The molecule has 1 aliphatic heterocycles. The van der Waals surface area contributed by atoms with E-state index < -0.39 is 20.8 Å². The number of likely N-dealkylation sites (tertiary alicyclic amines) is 1. The van der Waals surface area contributed by atoms with Gasteiger partial charge in [-0.05, 0) is 80.8 Å². The number of carbonyl (C=O) groups is 1. The molecule has 5 nitrogen and oxygen atoms in total. The zero-order chi connectivity index (χ0) is 17.6. The van der Waals surface area contributed by atoms with Crippen LogP contribution in [-0.4, -0.2) is 50.4 Å². The minimum atomic E-state index is -3.39. The molecule has 1 fully saturated rings. The van der Waals surface area contributed by atoms with Crippen LogP contribution in [0, 0.1) is 0 Å². The summed E-state index contributed by atoms with van der Waals surface area (Å²) in [6.07, 6.45) is 6.97. The van der Waals surface area contributed by atoms with Gasteiger partial charge in [0.2, 0.25) is 5.91 Å². The Morgan fingerprint density at radius 3 is 2.36 bits per heavy atom. The average molecular weight is 362 g/mol. The van der Waals surface area contributed by atoms with E-state index in [1.54, 1.807) is 0 Å². The molecular formula is C19H26N2O3S. The Morgan fingerprint density at radius 1 is 1.16 bits per heavy atom. The molecule has 1 aromatic carbocycles. The van der Waals surface area contributed by atoms with Crippen LogP contribution in [0.1, 0.15) is 41.5 Å². The molecule has 0 bridgehead atoms. The second-order valence-corrected chi connectivity index (χ2v) is 10.0. The van der Waals surface area contributed by atoms with Gasteiger partial charge in [0.15, 0.2) is 9.84 Å². The summed E-state index contributed by atoms with van der Waals surface area (Å²) in [5.41, 5.74) is 6.11. The van der Waals surface area contributed by atoms with Crippen LogP contribution in [0.15, 0.2) is 6.07 Å². The Morgan fingerprint density at radius 2 is 1.80 bits per heavy atom. The number of aryl methyl sites for hydroxylation is 2. The van der Waals surface area contributed by atoms with E-state index in [-0.39, 0.29) is 5.91 Å². The molecule has 2 aliphatic carbocycles. The molecule has 1 aromatic rings. The summed E-state index contributed by atoms with van der Waals surface area (Å²) in [5.74, 6) is -0.770. The molecule has 0 saturated carbocycles. The number of rotatable bonds is 4. The molecule has 1 amide bonds. The van der Waals surface area contributed by atoms with Crippen molar-refractivity contribution in [2.75, 3.05) is 31.2 Å². The van der Waals surface area contributed by atoms with Gasteiger partial charge in [0, 0.05) is 12.2 Å². The number of sulfone groups is 1. The molecule has 25 heavy (non-hydrogen) atoms. The molecule has 6 heteroatoms. The SMILES string of the molecule is CN1CCC(S(=O)(=O)CC(=O)Nc2c3c(cc4c2CCC4)CCC3)C1. The van der Waals surface area contributed by atoms with Crippen LogP contribution in [-0.2, 0) is 40.3 Å². The van der Waals surface area contributed by atoms with Gasteiger partial charge in [-0.1, -0.05) is 6.07 Å². The van der Waals surface area contributed by atoms with Crippen LogP contribution < -0.4 is 5.32 Å². The van der Waals surface area contributed by atoms with E-state index in [9.17, 15) is 13.2 Å². The summed E-state index contributed by atoms with van der Waals surface area (Å²) in [7, 11) is -1.47. The average Bonchev–Trinajstić information content (AvgIpc) is 3.25. The minimum Gasteiger partial charge on any atom is -0.325 e. The molecule has 1 atom stereocenters. The Balaban J connectivity index is 1.54. The molecule has 4 rings (SSSR count). The lowest BCUT2D eigenvalue weighted by Gasteiger charge is -2.17. The Hall–Kier alpha value is -1.40. The van der Waals surface area contributed by atoms with E-state index in [4.69, 9.17) is 0 Å². The van der Waals surface area contributed by atoms with Crippen LogP contribution >= 0.6 is 0 Å². The second kappa shape index (κ2) is 6.40. The summed E-state index contributed by atoms with van der Waals surface area (Å²) in [6.45, 7) is 1.32. The van der Waals surface area contributed by atoms with E-state index in [1.807, 2.05) is 11.9 Å². The van der Waals surface area contributed by atoms with Gasteiger partial charge in [0.05, 0.1) is 5.25 Å². The third-order valence-corrected chi connectivity index (χ3v) is 7.99. The van der Waals surface area contributed by atoms with E-state index in [1.165, 1.54) is 22.3 Å². The lowest BCUT2D eigenvalue weighted by molar-refractivity contribution is -0.113. The highest BCUT2D eigenvalue weighted by atomic mass is 32.2. The van der Waals surface area contributed by atoms with Crippen molar-refractivity contribution in [2.45, 2.75) is 50.2 Å². The Kier molecular flexibility index (Phi) is 4.36. The molecule has 0 aromatic heterocycles. The maximum Gasteiger partial charge on any atom is 0.239 e. The molecule has 136 valence electrons. The molecule has 0 radical (unpaired) electrons. The highest BCUT2D eigenvalue weighted by Gasteiger charge is 2.33. The number of anilines is 1. The van der Waals surface area contributed by atoms with Crippen LogP contribution in [0.5, 0.6) is 0 Å². The summed E-state index contributed by atoms with van der Waals surface area (Å²) >= 11 is 0. The van der Waals surface area contributed by atoms with Crippen LogP contribution in [0.4, 0.5) is 5.69 Å². The number of benzene rings is 1. The molecular weight excluding hydrogens is 336 g/mol. The second-order valence-electron chi connectivity index (χ2n) is 7.76. The van der Waals surface area contributed by atoms with Crippen molar-refractivity contribution in [3.63, 3.8) is 0 Å². The summed E-state index contributed by atoms with van der Waals surface area (Å²) in [5, 5.41) is 2.59. The summed E-state index contributed by atoms with van der Waals surface area (Å²) in [6, 6.07) is 2.31. The molecule has 1 unspecified atom stereocenters. The minimum absolute atomic E-state index is 0.371. The molecule has 1 heterocycles. The number of hydrogen-bond acceptors (Lipinski definition) is 4. The molecule has 0 spiro atoms. The number of carbonyl (C=O) groups excluding carboxylic acids is 1. The first-order chi connectivity index (χ1) is 11.9. The lowest BCUT2D eigenvalue weighted by Crippen LogP contribution is -2.33. The largest absolute Gasteiger partial charge is 0.325 e. The smallest absolute Gasteiger partial charge is 0.239 e. The fourth-order valence-corrected chi connectivity index (χ4v) is 6.25.